The van der Waals surface area contributed by atoms with Crippen molar-refractivity contribution in [3.05, 3.63) is 47.7 Å². The zero-order chi connectivity index (χ0) is 25.7. The molecule has 0 fully saturated rings. The van der Waals surface area contributed by atoms with Crippen molar-refractivity contribution >= 4 is 64.4 Å². The van der Waals surface area contributed by atoms with Crippen LogP contribution >= 0.6 is 11.3 Å². The van der Waals surface area contributed by atoms with Gasteiger partial charge in [0.05, 0.1) is 32.1 Å². The molecule has 0 bridgehead atoms. The number of fused-ring (bicyclic) bond motifs is 1. The summed E-state index contributed by atoms with van der Waals surface area (Å²) in [6.45, 7) is 1.46. The molecule has 0 amide bonds. The van der Waals surface area contributed by atoms with E-state index in [9.17, 15) is 35.8 Å². The first-order chi connectivity index (χ1) is 16.3. The number of thiazole rings is 1. The zero-order valence-electron chi connectivity index (χ0n) is 17.4. The minimum absolute atomic E-state index is 0.0137. The average Bonchev–Trinajstić information content (AvgIpc) is 3.30. The SMILES string of the molecule is Cc1nn(-c2cc(S(=O)(=O)O)ccc2S(=O)(=O)O)c(N)c1N=Nc1nc2c(C(=O)O)cccc2s1. The van der Waals surface area contributed by atoms with E-state index in [0.29, 0.717) is 4.70 Å². The fraction of sp³-hybridized carbons (Fsp3) is 0.0556. The van der Waals surface area contributed by atoms with E-state index >= 15 is 0 Å². The summed E-state index contributed by atoms with van der Waals surface area (Å²) in [5.41, 5.74) is 5.94. The topological polar surface area (TPSA) is 227 Å². The second-order valence-electron chi connectivity index (χ2n) is 6.96. The first-order valence-electron chi connectivity index (χ1n) is 9.26. The predicted molar refractivity (Wildman–Crippen MR) is 123 cm³/mol. The van der Waals surface area contributed by atoms with Crippen molar-refractivity contribution in [2.45, 2.75) is 16.7 Å². The molecule has 0 unspecified atom stereocenters. The summed E-state index contributed by atoms with van der Waals surface area (Å²) in [5.74, 6) is -1.43. The second-order valence-corrected chi connectivity index (χ2v) is 10.8. The van der Waals surface area contributed by atoms with Crippen molar-refractivity contribution in [1.82, 2.24) is 14.8 Å². The molecule has 0 spiro atoms. The van der Waals surface area contributed by atoms with Crippen molar-refractivity contribution in [3.63, 3.8) is 0 Å². The molecule has 4 aromatic rings. The minimum Gasteiger partial charge on any atom is -0.478 e. The molecule has 14 nitrogen and oxygen atoms in total. The summed E-state index contributed by atoms with van der Waals surface area (Å²) in [6.07, 6.45) is 0. The Balaban J connectivity index is 1.83. The van der Waals surface area contributed by atoms with Gasteiger partial charge in [-0.1, -0.05) is 17.4 Å². The summed E-state index contributed by atoms with van der Waals surface area (Å²) in [7, 11) is -9.58. The Bertz CT molecular complexity index is 1760. The number of benzene rings is 2. The molecule has 0 aliphatic heterocycles. The van der Waals surface area contributed by atoms with Crippen LogP contribution in [0.15, 0.2) is 56.4 Å². The molecule has 0 radical (unpaired) electrons. The lowest BCUT2D eigenvalue weighted by molar-refractivity contribution is 0.0698. The molecule has 5 N–H and O–H groups in total. The van der Waals surface area contributed by atoms with Crippen LogP contribution < -0.4 is 5.73 Å². The molecule has 182 valence electrons. The van der Waals surface area contributed by atoms with Gasteiger partial charge in [0.15, 0.2) is 11.5 Å². The third-order valence-corrected chi connectivity index (χ3v) is 7.33. The Morgan fingerprint density at radius 2 is 1.80 bits per heavy atom. The van der Waals surface area contributed by atoms with Crippen LogP contribution in [0.25, 0.3) is 15.9 Å². The van der Waals surface area contributed by atoms with Gasteiger partial charge in [-0.25, -0.2) is 14.5 Å². The maximum Gasteiger partial charge on any atom is 0.337 e. The Labute approximate surface area is 200 Å². The van der Waals surface area contributed by atoms with Gasteiger partial charge in [-0.2, -0.15) is 21.9 Å². The normalized spacial score (nSPS) is 12.5. The number of para-hydroxylation sites is 1. The average molecular weight is 539 g/mol. The standard InChI is InChI=1S/C18H14N6O8S3/c1-8-14(21-22-18-20-15-10(17(25)26)3-2-4-12(15)33-18)16(19)24(23-8)11-7-9(34(27,28)29)5-6-13(11)35(30,31)32/h2-7H,19H2,1H3,(H,25,26)(H,27,28,29)(H,30,31,32). The summed E-state index contributed by atoms with van der Waals surface area (Å²) in [6, 6.07) is 6.94. The molecule has 0 aliphatic rings. The second kappa shape index (κ2) is 8.47. The first-order valence-corrected chi connectivity index (χ1v) is 13.0. The summed E-state index contributed by atoms with van der Waals surface area (Å²) in [5, 5.41) is 21.4. The third kappa shape index (κ3) is 4.62. The number of carbonyl (C=O) groups is 1. The van der Waals surface area contributed by atoms with Crippen LogP contribution in [0, 0.1) is 6.92 Å². The molecule has 2 heterocycles. The molecule has 0 saturated heterocycles. The van der Waals surface area contributed by atoms with Crippen molar-refractivity contribution in [3.8, 4) is 5.69 Å². The first kappa shape index (κ1) is 24.4. The Hall–Kier alpha value is -3.77. The van der Waals surface area contributed by atoms with E-state index in [-0.39, 0.29) is 33.4 Å². The van der Waals surface area contributed by atoms with E-state index in [0.717, 1.165) is 34.2 Å². The van der Waals surface area contributed by atoms with Crippen LogP contribution in [0.4, 0.5) is 16.6 Å². The number of nitrogens with two attached hydrogens (primary N) is 1. The van der Waals surface area contributed by atoms with E-state index in [1.54, 1.807) is 12.1 Å². The highest BCUT2D eigenvalue weighted by atomic mass is 32.2. The lowest BCUT2D eigenvalue weighted by Gasteiger charge is -2.10. The van der Waals surface area contributed by atoms with Crippen LogP contribution in [-0.2, 0) is 20.2 Å². The number of rotatable bonds is 6. The van der Waals surface area contributed by atoms with E-state index < -0.39 is 41.7 Å². The maximum absolute atomic E-state index is 11.8. The lowest BCUT2D eigenvalue weighted by atomic mass is 10.2. The van der Waals surface area contributed by atoms with Gasteiger partial charge >= 0.3 is 5.97 Å². The smallest absolute Gasteiger partial charge is 0.337 e. The third-order valence-electron chi connectivity index (χ3n) is 4.67. The van der Waals surface area contributed by atoms with Gasteiger partial charge in [0, 0.05) is 0 Å². The summed E-state index contributed by atoms with van der Waals surface area (Å²) < 4.78 is 67.0. The number of aryl methyl sites for hydroxylation is 1. The van der Waals surface area contributed by atoms with Gasteiger partial charge in [0.2, 0.25) is 5.13 Å². The Kier molecular flexibility index (Phi) is 5.89. The minimum atomic E-state index is -4.85. The Morgan fingerprint density at radius 3 is 2.43 bits per heavy atom. The predicted octanol–water partition coefficient (Wildman–Crippen LogP) is 2.98. The fourth-order valence-corrected chi connectivity index (χ4v) is 5.09. The molecule has 4 rings (SSSR count). The zero-order valence-corrected chi connectivity index (χ0v) is 19.8. The van der Waals surface area contributed by atoms with E-state index in [2.05, 4.69) is 20.3 Å². The molecular formula is C18H14N6O8S3. The number of hydrogen-bond acceptors (Lipinski definition) is 11. The van der Waals surface area contributed by atoms with Crippen molar-refractivity contribution in [1.29, 1.82) is 0 Å². The van der Waals surface area contributed by atoms with Crippen molar-refractivity contribution in [2.24, 2.45) is 10.2 Å². The number of aromatic nitrogens is 3. The van der Waals surface area contributed by atoms with Gasteiger partial charge in [0.25, 0.3) is 20.2 Å². The van der Waals surface area contributed by atoms with Crippen LogP contribution in [-0.4, -0.2) is 51.8 Å². The van der Waals surface area contributed by atoms with E-state index in [1.807, 2.05) is 0 Å². The number of aromatic carboxylic acids is 1. The monoisotopic (exact) mass is 538 g/mol. The largest absolute Gasteiger partial charge is 0.478 e. The lowest BCUT2D eigenvalue weighted by Crippen LogP contribution is -2.11. The number of azo groups is 1. The van der Waals surface area contributed by atoms with Crippen molar-refractivity contribution in [2.75, 3.05) is 5.73 Å². The summed E-state index contributed by atoms with van der Waals surface area (Å²) in [4.78, 5) is 14.2. The molecule has 17 heteroatoms. The number of hydrogen-bond donors (Lipinski definition) is 4. The number of anilines is 1. The van der Waals surface area contributed by atoms with Gasteiger partial charge in [-0.05, 0) is 37.3 Å². The van der Waals surface area contributed by atoms with Crippen LogP contribution in [0.1, 0.15) is 16.1 Å². The molecule has 0 aliphatic carbocycles. The van der Waals surface area contributed by atoms with Crippen LogP contribution in [0.3, 0.4) is 0 Å². The fourth-order valence-electron chi connectivity index (χ4n) is 3.13. The van der Waals surface area contributed by atoms with Crippen LogP contribution in [0.2, 0.25) is 0 Å². The number of carboxylic acid groups (broad SMARTS) is 1. The highest BCUT2D eigenvalue weighted by Crippen LogP contribution is 2.35. The molecule has 35 heavy (non-hydrogen) atoms. The highest BCUT2D eigenvalue weighted by Gasteiger charge is 2.24. The Morgan fingerprint density at radius 1 is 1.09 bits per heavy atom. The van der Waals surface area contributed by atoms with E-state index in [4.69, 9.17) is 5.73 Å². The summed E-state index contributed by atoms with van der Waals surface area (Å²) >= 11 is 1.06. The number of nitrogens with zero attached hydrogens (tertiary/aromatic N) is 5. The maximum atomic E-state index is 11.8. The molecule has 2 aromatic heterocycles. The number of nitrogen functional groups attached to an aromatic ring is 1. The van der Waals surface area contributed by atoms with Crippen molar-refractivity contribution < 1.29 is 35.8 Å². The van der Waals surface area contributed by atoms with Gasteiger partial charge < -0.3 is 10.8 Å². The molecule has 0 atom stereocenters. The molecule has 0 saturated carbocycles. The van der Waals surface area contributed by atoms with Gasteiger partial charge in [0.1, 0.15) is 4.90 Å². The van der Waals surface area contributed by atoms with Gasteiger partial charge in [-0.15, -0.1) is 10.2 Å². The highest BCUT2D eigenvalue weighted by molar-refractivity contribution is 7.86. The van der Waals surface area contributed by atoms with Crippen LogP contribution in [0.5, 0.6) is 0 Å². The number of carboxylic acids is 1. The molecular weight excluding hydrogens is 524 g/mol. The molecule has 2 aromatic carbocycles. The quantitative estimate of drug-likeness (QED) is 0.206. The van der Waals surface area contributed by atoms with Gasteiger partial charge in [-0.3, -0.25) is 9.11 Å². The van der Waals surface area contributed by atoms with E-state index in [1.165, 1.54) is 13.0 Å².